The van der Waals surface area contributed by atoms with Crippen molar-refractivity contribution < 1.29 is 9.90 Å². The minimum atomic E-state index is -0.622. The maximum atomic E-state index is 11.1. The minimum absolute atomic E-state index is 0.429. The van der Waals surface area contributed by atoms with Crippen LogP contribution < -0.4 is 0 Å². The molecular weight excluding hydrogens is 202 g/mol. The van der Waals surface area contributed by atoms with E-state index in [-0.39, 0.29) is 0 Å². The number of nitrogens with zero attached hydrogens (tertiary/aromatic N) is 1. The molecule has 84 valence electrons. The minimum Gasteiger partial charge on any atom is -0.481 e. The first-order chi connectivity index (χ1) is 7.70. The van der Waals surface area contributed by atoms with Gasteiger partial charge in [-0.1, -0.05) is 24.3 Å². The van der Waals surface area contributed by atoms with Crippen molar-refractivity contribution in [1.29, 1.82) is 0 Å². The number of fused-ring (bicyclic) bond motifs is 1. The number of carbonyl (C=O) groups is 1. The second kappa shape index (κ2) is 3.32. The summed E-state index contributed by atoms with van der Waals surface area (Å²) in [5.41, 5.74) is 2.27. The molecular formula is C13H15NO2. The molecule has 0 bridgehead atoms. The first-order valence-electron chi connectivity index (χ1n) is 5.72. The zero-order valence-corrected chi connectivity index (χ0v) is 9.15. The van der Waals surface area contributed by atoms with Crippen LogP contribution in [-0.2, 0) is 17.9 Å². The van der Waals surface area contributed by atoms with E-state index in [1.54, 1.807) is 0 Å². The molecule has 1 fully saturated rings. The Labute approximate surface area is 94.7 Å². The molecule has 0 aromatic heterocycles. The van der Waals surface area contributed by atoms with Crippen LogP contribution in [0.5, 0.6) is 0 Å². The molecule has 3 rings (SSSR count). The topological polar surface area (TPSA) is 40.5 Å². The van der Waals surface area contributed by atoms with Crippen molar-refractivity contribution in [1.82, 2.24) is 4.90 Å². The Morgan fingerprint density at radius 3 is 2.25 bits per heavy atom. The van der Waals surface area contributed by atoms with E-state index in [9.17, 15) is 4.79 Å². The van der Waals surface area contributed by atoms with Crippen molar-refractivity contribution in [3.8, 4) is 0 Å². The largest absolute Gasteiger partial charge is 0.481 e. The number of carboxylic acid groups (broad SMARTS) is 1. The van der Waals surface area contributed by atoms with Crippen molar-refractivity contribution >= 4 is 5.97 Å². The van der Waals surface area contributed by atoms with Crippen LogP contribution in [0.2, 0.25) is 0 Å². The summed E-state index contributed by atoms with van der Waals surface area (Å²) in [6, 6.07) is 8.37. The SMILES string of the molecule is O=C(O)C1(CN2Cc3ccccc3C2)CC1. The maximum absolute atomic E-state index is 11.1. The van der Waals surface area contributed by atoms with Gasteiger partial charge in [-0.3, -0.25) is 9.69 Å². The fourth-order valence-electron chi connectivity index (χ4n) is 2.53. The van der Waals surface area contributed by atoms with Gasteiger partial charge in [-0.25, -0.2) is 0 Å². The fourth-order valence-corrected chi connectivity index (χ4v) is 2.53. The summed E-state index contributed by atoms with van der Waals surface area (Å²) in [5.74, 6) is -0.622. The molecule has 3 nitrogen and oxygen atoms in total. The molecule has 1 aromatic carbocycles. The first kappa shape index (κ1) is 9.85. The van der Waals surface area contributed by atoms with E-state index < -0.39 is 11.4 Å². The van der Waals surface area contributed by atoms with Crippen molar-refractivity contribution in [2.45, 2.75) is 25.9 Å². The van der Waals surface area contributed by atoms with Crippen molar-refractivity contribution in [3.05, 3.63) is 35.4 Å². The van der Waals surface area contributed by atoms with E-state index in [1.165, 1.54) is 11.1 Å². The normalized spacial score (nSPS) is 21.8. The zero-order valence-electron chi connectivity index (χ0n) is 9.15. The quantitative estimate of drug-likeness (QED) is 0.840. The highest BCUT2D eigenvalue weighted by Gasteiger charge is 2.51. The van der Waals surface area contributed by atoms with Crippen LogP contribution in [0, 0.1) is 5.41 Å². The highest BCUT2D eigenvalue weighted by Crippen LogP contribution is 2.47. The number of rotatable bonds is 3. The van der Waals surface area contributed by atoms with E-state index in [2.05, 4.69) is 17.0 Å². The molecule has 3 heteroatoms. The number of hydrogen-bond acceptors (Lipinski definition) is 2. The van der Waals surface area contributed by atoms with Gasteiger partial charge in [-0.2, -0.15) is 0 Å². The standard InChI is InChI=1S/C13H15NO2/c15-12(16)13(5-6-13)9-14-7-10-3-1-2-4-11(10)8-14/h1-4H,5-9H2,(H,15,16). The predicted octanol–water partition coefficient (Wildman–Crippen LogP) is 1.87. The molecule has 0 atom stereocenters. The van der Waals surface area contributed by atoms with Crippen molar-refractivity contribution in [2.24, 2.45) is 5.41 Å². The van der Waals surface area contributed by atoms with Gasteiger partial charge >= 0.3 is 5.97 Å². The summed E-state index contributed by atoms with van der Waals surface area (Å²) in [6.07, 6.45) is 1.68. The van der Waals surface area contributed by atoms with Crippen LogP contribution in [-0.4, -0.2) is 22.5 Å². The van der Waals surface area contributed by atoms with Crippen LogP contribution in [0.3, 0.4) is 0 Å². The molecule has 0 unspecified atom stereocenters. The molecule has 1 saturated carbocycles. The van der Waals surface area contributed by atoms with E-state index in [0.717, 1.165) is 25.9 Å². The Morgan fingerprint density at radius 1 is 1.25 bits per heavy atom. The summed E-state index contributed by atoms with van der Waals surface area (Å²) in [7, 11) is 0. The molecule has 1 aliphatic carbocycles. The van der Waals surface area contributed by atoms with Gasteiger partial charge in [-0.15, -0.1) is 0 Å². The third kappa shape index (κ3) is 1.52. The average Bonchev–Trinajstić information content (AvgIpc) is 2.92. The monoisotopic (exact) mass is 217 g/mol. The lowest BCUT2D eigenvalue weighted by Crippen LogP contribution is -2.31. The third-order valence-corrected chi connectivity index (χ3v) is 3.74. The van der Waals surface area contributed by atoms with Crippen LogP contribution in [0.25, 0.3) is 0 Å². The predicted molar refractivity (Wildman–Crippen MR) is 59.9 cm³/mol. The lowest BCUT2D eigenvalue weighted by atomic mass is 10.1. The van der Waals surface area contributed by atoms with Crippen LogP contribution in [0.1, 0.15) is 24.0 Å². The van der Waals surface area contributed by atoms with Gasteiger partial charge in [0.05, 0.1) is 5.41 Å². The molecule has 0 spiro atoms. The summed E-state index contributed by atoms with van der Waals surface area (Å²) in [4.78, 5) is 13.4. The van der Waals surface area contributed by atoms with E-state index >= 15 is 0 Å². The highest BCUT2D eigenvalue weighted by atomic mass is 16.4. The number of aliphatic carboxylic acids is 1. The Morgan fingerprint density at radius 2 is 1.81 bits per heavy atom. The van der Waals surface area contributed by atoms with Gasteiger partial charge in [0.25, 0.3) is 0 Å². The van der Waals surface area contributed by atoms with Gasteiger partial charge in [0.2, 0.25) is 0 Å². The summed E-state index contributed by atoms with van der Waals surface area (Å²) in [6.45, 7) is 2.52. The summed E-state index contributed by atoms with van der Waals surface area (Å²) < 4.78 is 0. The van der Waals surface area contributed by atoms with Crippen LogP contribution >= 0.6 is 0 Å². The van der Waals surface area contributed by atoms with Crippen molar-refractivity contribution in [2.75, 3.05) is 6.54 Å². The van der Waals surface area contributed by atoms with Crippen LogP contribution in [0.15, 0.2) is 24.3 Å². The van der Waals surface area contributed by atoms with Gasteiger partial charge in [-0.05, 0) is 24.0 Å². The molecule has 1 aromatic rings. The fraction of sp³-hybridized carbons (Fsp3) is 0.462. The molecule has 2 aliphatic rings. The van der Waals surface area contributed by atoms with E-state index in [0.29, 0.717) is 6.54 Å². The first-order valence-corrected chi connectivity index (χ1v) is 5.72. The Balaban J connectivity index is 1.71. The Bertz CT molecular complexity index is 412. The second-order valence-corrected chi connectivity index (χ2v) is 5.00. The molecule has 1 aliphatic heterocycles. The van der Waals surface area contributed by atoms with E-state index in [1.807, 2.05) is 12.1 Å². The summed E-state index contributed by atoms with van der Waals surface area (Å²) >= 11 is 0. The lowest BCUT2D eigenvalue weighted by Gasteiger charge is -2.19. The molecule has 1 heterocycles. The second-order valence-electron chi connectivity index (χ2n) is 5.00. The third-order valence-electron chi connectivity index (χ3n) is 3.74. The van der Waals surface area contributed by atoms with Gasteiger partial charge < -0.3 is 5.11 Å². The highest BCUT2D eigenvalue weighted by molar-refractivity contribution is 5.78. The van der Waals surface area contributed by atoms with Crippen molar-refractivity contribution in [3.63, 3.8) is 0 Å². The molecule has 16 heavy (non-hydrogen) atoms. The van der Waals surface area contributed by atoms with Gasteiger partial charge in [0.15, 0.2) is 0 Å². The maximum Gasteiger partial charge on any atom is 0.310 e. The number of benzene rings is 1. The molecule has 0 saturated heterocycles. The average molecular weight is 217 g/mol. The molecule has 0 amide bonds. The summed E-state index contributed by atoms with van der Waals surface area (Å²) in [5, 5.41) is 9.15. The lowest BCUT2D eigenvalue weighted by molar-refractivity contribution is -0.144. The molecule has 0 radical (unpaired) electrons. The van der Waals surface area contributed by atoms with Gasteiger partial charge in [0.1, 0.15) is 0 Å². The number of hydrogen-bond donors (Lipinski definition) is 1. The Hall–Kier alpha value is -1.35. The van der Waals surface area contributed by atoms with E-state index in [4.69, 9.17) is 5.11 Å². The number of carboxylic acids is 1. The van der Waals surface area contributed by atoms with Gasteiger partial charge in [0, 0.05) is 19.6 Å². The Kier molecular flexibility index (Phi) is 2.04. The smallest absolute Gasteiger partial charge is 0.310 e. The zero-order chi connectivity index (χ0) is 11.2. The molecule has 1 N–H and O–H groups in total. The van der Waals surface area contributed by atoms with Crippen LogP contribution in [0.4, 0.5) is 0 Å².